The van der Waals surface area contributed by atoms with Crippen LogP contribution in [0, 0.1) is 0 Å². The minimum absolute atomic E-state index is 1.23. The zero-order valence-electron chi connectivity index (χ0n) is 16.5. The highest BCUT2D eigenvalue weighted by Crippen LogP contribution is 2.18. The smallest absolute Gasteiger partial charge is 0.0963 e. The fraction of sp³-hybridized carbons (Fsp3) is 1.00. The molecule has 2 nitrogen and oxygen atoms in total. The second-order valence-electron chi connectivity index (χ2n) is 7.30. The molecule has 0 saturated heterocycles. The summed E-state index contributed by atoms with van der Waals surface area (Å²) in [7, 11) is 4.61. The summed E-state index contributed by atoms with van der Waals surface area (Å²) in [5, 5.41) is 2.52. The molecule has 0 radical (unpaired) electrons. The number of rotatable bonds is 16. The first-order chi connectivity index (χ1) is 10.6. The molecular formula is C20H45N2+. The zero-order valence-corrected chi connectivity index (χ0v) is 16.5. The Hall–Kier alpha value is -0.0800. The van der Waals surface area contributed by atoms with E-state index < -0.39 is 0 Å². The van der Waals surface area contributed by atoms with Crippen molar-refractivity contribution in [3.05, 3.63) is 0 Å². The maximum atomic E-state index is 2.52. The lowest BCUT2D eigenvalue weighted by molar-refractivity contribution is -1.03. The van der Waals surface area contributed by atoms with Gasteiger partial charge < -0.3 is 0 Å². The van der Waals surface area contributed by atoms with E-state index in [-0.39, 0.29) is 0 Å². The minimum atomic E-state index is 1.23. The molecule has 0 spiro atoms. The van der Waals surface area contributed by atoms with Gasteiger partial charge in [-0.2, -0.15) is 5.01 Å². The molecular weight excluding hydrogens is 268 g/mol. The highest BCUT2D eigenvalue weighted by Gasteiger charge is 2.29. The standard InChI is InChI=1S/C20H45N2/c1-6-9-12-15-18-22(21(4)5,19-16-13-10-7-2)20-17-14-11-8-3/h6-20H2,1-5H3/q+1. The van der Waals surface area contributed by atoms with Crippen LogP contribution in [-0.2, 0) is 0 Å². The van der Waals surface area contributed by atoms with Gasteiger partial charge in [0.15, 0.2) is 0 Å². The predicted octanol–water partition coefficient (Wildman–Crippen LogP) is 6.02. The third-order valence-electron chi connectivity index (χ3n) is 5.13. The van der Waals surface area contributed by atoms with Gasteiger partial charge in [-0.15, -0.1) is 0 Å². The molecule has 0 saturated carbocycles. The van der Waals surface area contributed by atoms with E-state index >= 15 is 0 Å². The largest absolute Gasteiger partial charge is 0.244 e. The second-order valence-corrected chi connectivity index (χ2v) is 7.30. The number of unbranched alkanes of at least 4 members (excludes halogenated alkanes) is 9. The molecule has 0 aromatic heterocycles. The number of nitrogens with zero attached hydrogens (tertiary/aromatic N) is 2. The summed E-state index contributed by atoms with van der Waals surface area (Å²) in [5.41, 5.74) is 0. The Morgan fingerprint density at radius 3 is 1.05 bits per heavy atom. The molecule has 0 amide bonds. The Labute approximate surface area is 141 Å². The van der Waals surface area contributed by atoms with Crippen LogP contribution in [0.2, 0.25) is 0 Å². The molecule has 0 aliphatic carbocycles. The first kappa shape index (κ1) is 21.9. The first-order valence-electron chi connectivity index (χ1n) is 10.2. The highest BCUT2D eigenvalue weighted by atomic mass is 15.7. The van der Waals surface area contributed by atoms with Crippen LogP contribution < -0.4 is 0 Å². The molecule has 134 valence electrons. The van der Waals surface area contributed by atoms with Crippen molar-refractivity contribution >= 4 is 0 Å². The SMILES string of the molecule is CCCCCC[N+](CCCCCC)(CCCCCC)N(C)C. The molecule has 0 rings (SSSR count). The Morgan fingerprint density at radius 1 is 0.500 bits per heavy atom. The monoisotopic (exact) mass is 313 g/mol. The zero-order chi connectivity index (χ0) is 16.7. The van der Waals surface area contributed by atoms with Crippen molar-refractivity contribution in [3.63, 3.8) is 0 Å². The lowest BCUT2D eigenvalue weighted by Crippen LogP contribution is -2.58. The van der Waals surface area contributed by atoms with Crippen LogP contribution in [0.5, 0.6) is 0 Å². The van der Waals surface area contributed by atoms with Gasteiger partial charge in [-0.25, -0.2) is 4.59 Å². The number of hydrogen-bond acceptors (Lipinski definition) is 1. The first-order valence-corrected chi connectivity index (χ1v) is 10.2. The summed E-state index contributed by atoms with van der Waals surface area (Å²) in [6, 6.07) is 0. The van der Waals surface area contributed by atoms with Crippen LogP contribution in [0.4, 0.5) is 0 Å². The topological polar surface area (TPSA) is 3.24 Å². The van der Waals surface area contributed by atoms with Gasteiger partial charge in [0, 0.05) is 14.1 Å². The van der Waals surface area contributed by atoms with Crippen molar-refractivity contribution in [2.75, 3.05) is 33.7 Å². The Kier molecular flexibility index (Phi) is 14.5. The molecule has 0 atom stereocenters. The van der Waals surface area contributed by atoms with Crippen molar-refractivity contribution < 1.29 is 4.59 Å². The summed E-state index contributed by atoms with van der Waals surface area (Å²) in [6.07, 6.45) is 16.7. The molecule has 0 aromatic carbocycles. The number of hydrogen-bond donors (Lipinski definition) is 0. The van der Waals surface area contributed by atoms with Gasteiger partial charge in [0.1, 0.15) is 0 Å². The fourth-order valence-electron chi connectivity index (χ4n) is 3.43. The third kappa shape index (κ3) is 9.84. The summed E-state index contributed by atoms with van der Waals surface area (Å²) in [5.74, 6) is 0. The van der Waals surface area contributed by atoms with Crippen LogP contribution in [0.3, 0.4) is 0 Å². The molecule has 22 heavy (non-hydrogen) atoms. The Balaban J connectivity index is 4.48. The molecule has 0 aliphatic heterocycles. The Morgan fingerprint density at radius 2 is 0.818 bits per heavy atom. The van der Waals surface area contributed by atoms with Crippen LogP contribution >= 0.6 is 0 Å². The van der Waals surface area contributed by atoms with Crippen molar-refractivity contribution in [2.45, 2.75) is 97.8 Å². The van der Waals surface area contributed by atoms with Crippen LogP contribution in [-0.4, -0.2) is 43.3 Å². The van der Waals surface area contributed by atoms with Gasteiger partial charge >= 0.3 is 0 Å². The van der Waals surface area contributed by atoms with E-state index in [9.17, 15) is 0 Å². The average Bonchev–Trinajstić information content (AvgIpc) is 2.51. The maximum absolute atomic E-state index is 2.52. The molecule has 0 bridgehead atoms. The van der Waals surface area contributed by atoms with Crippen LogP contribution in [0.1, 0.15) is 97.8 Å². The summed E-state index contributed by atoms with van der Waals surface area (Å²) in [6.45, 7) is 11.0. The van der Waals surface area contributed by atoms with Crippen molar-refractivity contribution in [2.24, 2.45) is 0 Å². The van der Waals surface area contributed by atoms with E-state index in [1.54, 1.807) is 0 Å². The summed E-state index contributed by atoms with van der Waals surface area (Å²) < 4.78 is 1.23. The lowest BCUT2D eigenvalue weighted by atomic mass is 10.1. The normalized spacial score (nSPS) is 12.3. The van der Waals surface area contributed by atoms with E-state index in [4.69, 9.17) is 0 Å². The maximum Gasteiger partial charge on any atom is 0.0963 e. The van der Waals surface area contributed by atoms with Crippen LogP contribution in [0.15, 0.2) is 0 Å². The van der Waals surface area contributed by atoms with Gasteiger partial charge in [0.05, 0.1) is 19.6 Å². The quantitative estimate of drug-likeness (QED) is 0.191. The minimum Gasteiger partial charge on any atom is -0.244 e. The predicted molar refractivity (Wildman–Crippen MR) is 101 cm³/mol. The average molecular weight is 314 g/mol. The van der Waals surface area contributed by atoms with Crippen LogP contribution in [0.25, 0.3) is 0 Å². The molecule has 0 N–H and O–H groups in total. The van der Waals surface area contributed by atoms with Gasteiger partial charge in [0.25, 0.3) is 0 Å². The van der Waals surface area contributed by atoms with E-state index in [0.29, 0.717) is 0 Å². The molecule has 2 heteroatoms. The van der Waals surface area contributed by atoms with Gasteiger partial charge in [-0.3, -0.25) is 0 Å². The molecule has 0 aromatic rings. The molecule has 0 fully saturated rings. The third-order valence-corrected chi connectivity index (χ3v) is 5.13. The van der Waals surface area contributed by atoms with Gasteiger partial charge in [-0.05, 0) is 38.5 Å². The highest BCUT2D eigenvalue weighted by molar-refractivity contribution is 4.49. The second kappa shape index (κ2) is 14.5. The van der Waals surface area contributed by atoms with Gasteiger partial charge in [0.2, 0.25) is 0 Å². The van der Waals surface area contributed by atoms with Crippen molar-refractivity contribution in [3.8, 4) is 0 Å². The van der Waals surface area contributed by atoms with E-state index in [1.165, 1.54) is 101 Å². The summed E-state index contributed by atoms with van der Waals surface area (Å²) in [4.78, 5) is 0. The van der Waals surface area contributed by atoms with E-state index in [0.717, 1.165) is 0 Å². The molecule has 0 unspecified atom stereocenters. The van der Waals surface area contributed by atoms with Crippen molar-refractivity contribution in [1.29, 1.82) is 0 Å². The van der Waals surface area contributed by atoms with Crippen molar-refractivity contribution in [1.82, 2.24) is 5.01 Å². The Bertz CT molecular complexity index is 194. The summed E-state index contributed by atoms with van der Waals surface area (Å²) >= 11 is 0. The van der Waals surface area contributed by atoms with E-state index in [2.05, 4.69) is 39.9 Å². The fourth-order valence-corrected chi connectivity index (χ4v) is 3.43. The van der Waals surface area contributed by atoms with Gasteiger partial charge in [-0.1, -0.05) is 59.3 Å². The molecule has 0 aliphatic rings. The lowest BCUT2D eigenvalue weighted by Gasteiger charge is -2.43. The number of quaternary nitrogens is 1. The van der Waals surface area contributed by atoms with E-state index in [1.807, 2.05) is 0 Å². The molecule has 0 heterocycles.